The summed E-state index contributed by atoms with van der Waals surface area (Å²) >= 11 is 5.90. The van der Waals surface area contributed by atoms with Crippen LogP contribution in [0.25, 0.3) is 16.7 Å². The Balaban J connectivity index is 2.19. The Labute approximate surface area is 138 Å². The number of esters is 1. The molecule has 24 heavy (non-hydrogen) atoms. The molecule has 0 radical (unpaired) electrons. The normalized spacial score (nSPS) is 12.0. The number of methoxy groups -OCH3 is 1. The van der Waals surface area contributed by atoms with Crippen molar-refractivity contribution in [3.8, 4) is 0 Å². The quantitative estimate of drug-likeness (QED) is 0.673. The molecule has 0 bridgehead atoms. The van der Waals surface area contributed by atoms with Crippen LogP contribution in [0.4, 0.5) is 13.2 Å². The summed E-state index contributed by atoms with van der Waals surface area (Å²) in [6.45, 7) is 0. The van der Waals surface area contributed by atoms with E-state index in [9.17, 15) is 18.0 Å². The Hall–Kier alpha value is -2.42. The molecule has 2 aromatic heterocycles. The van der Waals surface area contributed by atoms with Gasteiger partial charge in [-0.25, -0.2) is 4.98 Å². The number of alkyl halides is 3. The molecule has 3 rings (SSSR count). The van der Waals surface area contributed by atoms with Crippen LogP contribution >= 0.6 is 11.6 Å². The van der Waals surface area contributed by atoms with Gasteiger partial charge in [0.25, 0.3) is 0 Å². The average molecular weight is 359 g/mol. The van der Waals surface area contributed by atoms with Crippen molar-refractivity contribution in [2.24, 2.45) is 0 Å². The number of aryl methyl sites for hydroxylation is 1. The van der Waals surface area contributed by atoms with Crippen molar-refractivity contribution in [2.45, 2.75) is 19.0 Å². The summed E-state index contributed by atoms with van der Waals surface area (Å²) in [4.78, 5) is 15.3. The summed E-state index contributed by atoms with van der Waals surface area (Å²) in [5.74, 6) is -1.59. The molecule has 0 aliphatic rings. The maximum Gasteiger partial charge on any atom is 0.452 e. The van der Waals surface area contributed by atoms with Gasteiger partial charge in [0, 0.05) is 6.42 Å². The van der Waals surface area contributed by atoms with E-state index in [0.29, 0.717) is 12.0 Å². The summed E-state index contributed by atoms with van der Waals surface area (Å²) in [6.07, 6.45) is -4.27. The fourth-order valence-corrected chi connectivity index (χ4v) is 2.55. The minimum absolute atomic E-state index is 0.112. The van der Waals surface area contributed by atoms with E-state index >= 15 is 0 Å². The van der Waals surface area contributed by atoms with Gasteiger partial charge in [0.05, 0.1) is 18.1 Å². The molecular formula is C14H10ClF3N4O2. The molecule has 1 aromatic carbocycles. The number of nitrogens with zero attached hydrogens (tertiary/aromatic N) is 4. The Morgan fingerprint density at radius 2 is 2.08 bits per heavy atom. The number of carbonyl (C=O) groups excluding carboxylic acids is 1. The van der Waals surface area contributed by atoms with E-state index in [0.717, 1.165) is 4.40 Å². The molecule has 0 N–H and O–H groups in total. The van der Waals surface area contributed by atoms with E-state index in [4.69, 9.17) is 11.6 Å². The molecule has 0 saturated carbocycles. The van der Waals surface area contributed by atoms with Gasteiger partial charge < -0.3 is 4.74 Å². The van der Waals surface area contributed by atoms with E-state index in [1.54, 1.807) is 6.07 Å². The molecule has 0 aliphatic heterocycles. The van der Waals surface area contributed by atoms with E-state index < -0.39 is 18.0 Å². The maximum absolute atomic E-state index is 13.2. The van der Waals surface area contributed by atoms with Crippen molar-refractivity contribution in [3.05, 3.63) is 34.7 Å². The first-order valence-corrected chi connectivity index (χ1v) is 7.16. The first-order chi connectivity index (χ1) is 11.3. The van der Waals surface area contributed by atoms with Gasteiger partial charge in [-0.3, -0.25) is 9.20 Å². The molecule has 126 valence electrons. The Bertz CT molecular complexity index is 939. The van der Waals surface area contributed by atoms with E-state index in [1.165, 1.54) is 19.2 Å². The van der Waals surface area contributed by atoms with Crippen LogP contribution < -0.4 is 0 Å². The van der Waals surface area contributed by atoms with E-state index in [-0.39, 0.29) is 28.3 Å². The molecular weight excluding hydrogens is 349 g/mol. The van der Waals surface area contributed by atoms with Crippen LogP contribution in [0.5, 0.6) is 0 Å². The fraction of sp³-hybridized carbons (Fsp3) is 0.286. The van der Waals surface area contributed by atoms with Gasteiger partial charge in [-0.15, -0.1) is 10.2 Å². The molecule has 0 spiro atoms. The number of hydrogen-bond acceptors (Lipinski definition) is 5. The highest BCUT2D eigenvalue weighted by atomic mass is 35.5. The number of hydrogen-bond donors (Lipinski definition) is 0. The summed E-state index contributed by atoms with van der Waals surface area (Å²) in [5, 5.41) is 6.49. The number of carbonyl (C=O) groups is 1. The highest BCUT2D eigenvalue weighted by molar-refractivity contribution is 6.32. The number of ether oxygens (including phenoxy) is 1. The van der Waals surface area contributed by atoms with E-state index in [1.807, 2.05) is 0 Å². The number of benzene rings is 1. The van der Waals surface area contributed by atoms with Crippen molar-refractivity contribution in [2.75, 3.05) is 7.11 Å². The second kappa shape index (κ2) is 5.90. The highest BCUT2D eigenvalue weighted by Gasteiger charge is 2.38. The molecule has 2 heterocycles. The summed E-state index contributed by atoms with van der Waals surface area (Å²) in [7, 11) is 1.27. The van der Waals surface area contributed by atoms with Crippen LogP contribution in [-0.4, -0.2) is 32.7 Å². The topological polar surface area (TPSA) is 69.4 Å². The first kappa shape index (κ1) is 16.4. The Morgan fingerprint density at radius 3 is 2.75 bits per heavy atom. The van der Waals surface area contributed by atoms with Gasteiger partial charge in [-0.2, -0.15) is 13.2 Å². The number of fused-ring (bicyclic) bond motifs is 3. The number of halogens is 4. The zero-order valence-electron chi connectivity index (χ0n) is 12.3. The Morgan fingerprint density at radius 1 is 1.33 bits per heavy atom. The molecule has 10 heteroatoms. The third-order valence-corrected chi connectivity index (χ3v) is 3.70. The largest absolute Gasteiger partial charge is 0.469 e. The lowest BCUT2D eigenvalue weighted by atomic mass is 10.1. The molecule has 0 atom stereocenters. The molecule has 0 saturated heterocycles. The lowest BCUT2D eigenvalue weighted by Crippen LogP contribution is -2.12. The zero-order valence-corrected chi connectivity index (χ0v) is 13.0. The predicted molar refractivity (Wildman–Crippen MR) is 78.6 cm³/mol. The number of aromatic nitrogens is 4. The standard InChI is InChI=1S/C14H10ClF3N4O2/c1-24-10(23)5-3-7-2-4-8-9(6-7)22-12(11(15)19-8)20-21-13(22)14(16,17)18/h2,4,6H,3,5H2,1H3. The van der Waals surface area contributed by atoms with Crippen LogP contribution in [0.2, 0.25) is 5.15 Å². The highest BCUT2D eigenvalue weighted by Crippen LogP contribution is 2.31. The lowest BCUT2D eigenvalue weighted by molar-refractivity contribution is -0.145. The molecule has 0 aliphatic carbocycles. The number of rotatable bonds is 3. The Kier molecular flexibility index (Phi) is 4.04. The van der Waals surface area contributed by atoms with Crippen molar-refractivity contribution >= 4 is 34.3 Å². The van der Waals surface area contributed by atoms with Crippen molar-refractivity contribution in [1.29, 1.82) is 0 Å². The summed E-state index contributed by atoms with van der Waals surface area (Å²) in [5.41, 5.74) is 0.899. The third kappa shape index (κ3) is 2.86. The fourth-order valence-electron chi connectivity index (χ4n) is 2.33. The van der Waals surface area contributed by atoms with Crippen LogP contribution in [0.1, 0.15) is 17.8 Å². The molecule has 3 aromatic rings. The van der Waals surface area contributed by atoms with E-state index in [2.05, 4.69) is 19.9 Å². The molecule has 0 amide bonds. The van der Waals surface area contributed by atoms with Crippen LogP contribution in [0.15, 0.2) is 18.2 Å². The predicted octanol–water partition coefficient (Wildman–Crippen LogP) is 3.06. The average Bonchev–Trinajstić information content (AvgIpc) is 2.99. The zero-order chi connectivity index (χ0) is 17.5. The van der Waals surface area contributed by atoms with Crippen molar-refractivity contribution < 1.29 is 22.7 Å². The summed E-state index contributed by atoms with van der Waals surface area (Å²) < 4.78 is 44.9. The molecule has 0 unspecified atom stereocenters. The molecule has 6 nitrogen and oxygen atoms in total. The SMILES string of the molecule is COC(=O)CCc1ccc2nc(Cl)c3nnc(C(F)(F)F)n3c2c1. The second-order valence-corrected chi connectivity index (χ2v) is 5.34. The van der Waals surface area contributed by atoms with Crippen LogP contribution in [-0.2, 0) is 22.1 Å². The minimum Gasteiger partial charge on any atom is -0.469 e. The maximum atomic E-state index is 13.2. The van der Waals surface area contributed by atoms with Gasteiger partial charge in [-0.05, 0) is 24.1 Å². The monoisotopic (exact) mass is 358 g/mol. The smallest absolute Gasteiger partial charge is 0.452 e. The van der Waals surface area contributed by atoms with Gasteiger partial charge >= 0.3 is 12.1 Å². The second-order valence-electron chi connectivity index (χ2n) is 4.98. The van der Waals surface area contributed by atoms with Gasteiger partial charge in [-0.1, -0.05) is 17.7 Å². The lowest BCUT2D eigenvalue weighted by Gasteiger charge is -2.09. The van der Waals surface area contributed by atoms with Gasteiger partial charge in [0.2, 0.25) is 5.82 Å². The first-order valence-electron chi connectivity index (χ1n) is 6.78. The molecule has 0 fully saturated rings. The summed E-state index contributed by atoms with van der Waals surface area (Å²) in [6, 6.07) is 4.71. The van der Waals surface area contributed by atoms with Crippen LogP contribution in [0, 0.1) is 0 Å². The third-order valence-electron chi connectivity index (χ3n) is 3.45. The minimum atomic E-state index is -4.70. The van der Waals surface area contributed by atoms with Gasteiger partial charge in [0.1, 0.15) is 0 Å². The van der Waals surface area contributed by atoms with Crippen molar-refractivity contribution in [3.63, 3.8) is 0 Å². The van der Waals surface area contributed by atoms with Gasteiger partial charge in [0.15, 0.2) is 10.8 Å². The van der Waals surface area contributed by atoms with Crippen LogP contribution in [0.3, 0.4) is 0 Å². The van der Waals surface area contributed by atoms with Crippen molar-refractivity contribution in [1.82, 2.24) is 19.6 Å².